The average molecular weight is 336 g/mol. The summed E-state index contributed by atoms with van der Waals surface area (Å²) in [6.07, 6.45) is 8.50. The first-order chi connectivity index (χ1) is 11.7. The third-order valence-electron chi connectivity index (χ3n) is 3.32. The van der Waals surface area contributed by atoms with Crippen molar-refractivity contribution in [3.63, 3.8) is 0 Å². The second-order valence-electron chi connectivity index (χ2n) is 4.98. The predicted octanol–water partition coefficient (Wildman–Crippen LogP) is 3.62. The molecule has 3 aromatic rings. The standard InChI is InChI=1S/C19H13FN2OS/c1-2-12-22-16-10-9-15(20)13-17(16)24-19(22)21-18(23)11-8-14-6-4-3-5-7-14/h1,3-11,13H,12H2. The number of halogens is 1. The van der Waals surface area contributed by atoms with Crippen molar-refractivity contribution in [2.24, 2.45) is 4.99 Å². The number of rotatable bonds is 3. The third kappa shape index (κ3) is 3.50. The zero-order valence-corrected chi connectivity index (χ0v) is 13.5. The number of hydrogen-bond acceptors (Lipinski definition) is 2. The van der Waals surface area contributed by atoms with Crippen LogP contribution in [-0.4, -0.2) is 10.5 Å². The molecule has 0 N–H and O–H groups in total. The van der Waals surface area contributed by atoms with E-state index in [4.69, 9.17) is 6.42 Å². The van der Waals surface area contributed by atoms with E-state index in [0.717, 1.165) is 11.1 Å². The normalized spacial score (nSPS) is 11.9. The molecule has 0 saturated heterocycles. The van der Waals surface area contributed by atoms with Crippen LogP contribution in [0.4, 0.5) is 4.39 Å². The maximum absolute atomic E-state index is 13.4. The Bertz CT molecular complexity index is 1020. The van der Waals surface area contributed by atoms with Gasteiger partial charge in [0.15, 0.2) is 4.80 Å². The minimum Gasteiger partial charge on any atom is -0.305 e. The van der Waals surface area contributed by atoms with Crippen LogP contribution in [0.3, 0.4) is 0 Å². The van der Waals surface area contributed by atoms with E-state index < -0.39 is 5.91 Å². The molecular formula is C19H13FN2OS. The molecule has 1 aromatic heterocycles. The summed E-state index contributed by atoms with van der Waals surface area (Å²) in [5, 5.41) is 0. The second-order valence-corrected chi connectivity index (χ2v) is 5.99. The van der Waals surface area contributed by atoms with Crippen LogP contribution < -0.4 is 4.80 Å². The van der Waals surface area contributed by atoms with Crippen LogP contribution in [0.5, 0.6) is 0 Å². The molecule has 3 nitrogen and oxygen atoms in total. The molecule has 0 atom stereocenters. The monoisotopic (exact) mass is 336 g/mol. The largest absolute Gasteiger partial charge is 0.305 e. The first-order valence-corrected chi connectivity index (χ1v) is 8.03. The van der Waals surface area contributed by atoms with Crippen LogP contribution in [0.1, 0.15) is 5.56 Å². The molecule has 0 saturated carbocycles. The number of benzene rings is 2. The lowest BCUT2D eigenvalue weighted by Gasteiger charge is -1.98. The van der Waals surface area contributed by atoms with Crippen LogP contribution in [0.25, 0.3) is 16.3 Å². The molecule has 0 bridgehead atoms. The van der Waals surface area contributed by atoms with Gasteiger partial charge in [-0.3, -0.25) is 4.79 Å². The number of amides is 1. The van der Waals surface area contributed by atoms with E-state index in [2.05, 4.69) is 10.9 Å². The Morgan fingerprint density at radius 2 is 2.08 bits per heavy atom. The molecule has 0 radical (unpaired) electrons. The highest BCUT2D eigenvalue weighted by molar-refractivity contribution is 7.16. The van der Waals surface area contributed by atoms with Gasteiger partial charge in [-0.25, -0.2) is 4.39 Å². The highest BCUT2D eigenvalue weighted by atomic mass is 32.1. The number of thiazole rings is 1. The number of nitrogens with zero attached hydrogens (tertiary/aromatic N) is 2. The minimum absolute atomic E-state index is 0.264. The van der Waals surface area contributed by atoms with Gasteiger partial charge in [0.1, 0.15) is 5.82 Å². The van der Waals surface area contributed by atoms with E-state index in [0.29, 0.717) is 9.50 Å². The molecule has 0 aliphatic heterocycles. The predicted molar refractivity (Wildman–Crippen MR) is 94.7 cm³/mol. The van der Waals surface area contributed by atoms with Crippen LogP contribution >= 0.6 is 11.3 Å². The zero-order chi connectivity index (χ0) is 16.9. The summed E-state index contributed by atoms with van der Waals surface area (Å²) in [6.45, 7) is 0.264. The number of hydrogen-bond donors (Lipinski definition) is 0. The van der Waals surface area contributed by atoms with E-state index in [1.54, 1.807) is 16.7 Å². The van der Waals surface area contributed by atoms with Crippen LogP contribution in [0, 0.1) is 18.2 Å². The molecule has 24 heavy (non-hydrogen) atoms. The number of carbonyl (C=O) groups is 1. The van der Waals surface area contributed by atoms with Gasteiger partial charge in [0.2, 0.25) is 0 Å². The third-order valence-corrected chi connectivity index (χ3v) is 4.36. The summed E-state index contributed by atoms with van der Waals surface area (Å²) >= 11 is 1.23. The smallest absolute Gasteiger partial charge is 0.272 e. The molecule has 5 heteroatoms. The molecule has 118 valence electrons. The van der Waals surface area contributed by atoms with E-state index in [1.165, 1.54) is 29.5 Å². The average Bonchev–Trinajstić information content (AvgIpc) is 2.91. The van der Waals surface area contributed by atoms with Crippen molar-refractivity contribution in [1.29, 1.82) is 0 Å². The number of fused-ring (bicyclic) bond motifs is 1. The van der Waals surface area contributed by atoms with Gasteiger partial charge in [-0.15, -0.1) is 6.42 Å². The van der Waals surface area contributed by atoms with Gasteiger partial charge in [-0.2, -0.15) is 4.99 Å². The highest BCUT2D eigenvalue weighted by Crippen LogP contribution is 2.18. The van der Waals surface area contributed by atoms with Crippen molar-refractivity contribution in [3.8, 4) is 12.3 Å². The van der Waals surface area contributed by atoms with Gasteiger partial charge < -0.3 is 4.57 Å². The van der Waals surface area contributed by atoms with Gasteiger partial charge in [-0.05, 0) is 29.8 Å². The summed E-state index contributed by atoms with van der Waals surface area (Å²) in [4.78, 5) is 16.7. The first kappa shape index (κ1) is 15.9. The summed E-state index contributed by atoms with van der Waals surface area (Å²) in [5.41, 5.74) is 1.67. The molecule has 1 amide bonds. The summed E-state index contributed by atoms with van der Waals surface area (Å²) in [5.74, 6) is 1.81. The Labute approximate surface area is 142 Å². The molecule has 2 aromatic carbocycles. The number of aromatic nitrogens is 1. The van der Waals surface area contributed by atoms with Crippen molar-refractivity contribution in [2.75, 3.05) is 0 Å². The van der Waals surface area contributed by atoms with Gasteiger partial charge in [-0.1, -0.05) is 47.6 Å². The summed E-state index contributed by atoms with van der Waals surface area (Å²) < 4.78 is 15.8. The van der Waals surface area contributed by atoms with E-state index >= 15 is 0 Å². The molecule has 0 aliphatic rings. The Balaban J connectivity index is 2.00. The van der Waals surface area contributed by atoms with E-state index in [-0.39, 0.29) is 12.4 Å². The molecule has 1 heterocycles. The highest BCUT2D eigenvalue weighted by Gasteiger charge is 2.07. The molecule has 0 aliphatic carbocycles. The van der Waals surface area contributed by atoms with Crippen molar-refractivity contribution in [1.82, 2.24) is 4.57 Å². The Morgan fingerprint density at radius 3 is 2.83 bits per heavy atom. The minimum atomic E-state index is -0.392. The lowest BCUT2D eigenvalue weighted by Crippen LogP contribution is -2.15. The Morgan fingerprint density at radius 1 is 1.29 bits per heavy atom. The van der Waals surface area contributed by atoms with Crippen LogP contribution in [0.15, 0.2) is 59.6 Å². The van der Waals surface area contributed by atoms with E-state index in [1.807, 2.05) is 30.3 Å². The zero-order valence-electron chi connectivity index (χ0n) is 12.6. The molecule has 0 spiro atoms. The number of carbonyl (C=O) groups excluding carboxylic acids is 1. The van der Waals surface area contributed by atoms with Crippen LogP contribution in [-0.2, 0) is 11.3 Å². The molecular weight excluding hydrogens is 323 g/mol. The van der Waals surface area contributed by atoms with Crippen LogP contribution in [0.2, 0.25) is 0 Å². The fourth-order valence-electron chi connectivity index (χ4n) is 2.24. The molecule has 0 unspecified atom stereocenters. The van der Waals surface area contributed by atoms with Crippen molar-refractivity contribution in [2.45, 2.75) is 6.54 Å². The van der Waals surface area contributed by atoms with Gasteiger partial charge >= 0.3 is 0 Å². The van der Waals surface area contributed by atoms with Gasteiger partial charge in [0.05, 0.1) is 16.8 Å². The fraction of sp³-hybridized carbons (Fsp3) is 0.0526. The maximum Gasteiger partial charge on any atom is 0.272 e. The quantitative estimate of drug-likeness (QED) is 0.531. The lowest BCUT2D eigenvalue weighted by molar-refractivity contribution is -0.113. The number of terminal acetylenes is 1. The fourth-order valence-corrected chi connectivity index (χ4v) is 3.30. The lowest BCUT2D eigenvalue weighted by atomic mass is 10.2. The van der Waals surface area contributed by atoms with Gasteiger partial charge in [0.25, 0.3) is 5.91 Å². The topological polar surface area (TPSA) is 34.4 Å². The van der Waals surface area contributed by atoms with Crippen molar-refractivity contribution in [3.05, 3.63) is 70.8 Å². The maximum atomic E-state index is 13.4. The van der Waals surface area contributed by atoms with E-state index in [9.17, 15) is 9.18 Å². The Hall–Kier alpha value is -2.97. The molecule has 3 rings (SSSR count). The molecule has 0 fully saturated rings. The van der Waals surface area contributed by atoms with Gasteiger partial charge in [0, 0.05) is 6.08 Å². The van der Waals surface area contributed by atoms with Crippen molar-refractivity contribution < 1.29 is 9.18 Å². The summed E-state index contributed by atoms with van der Waals surface area (Å²) in [7, 11) is 0. The summed E-state index contributed by atoms with van der Waals surface area (Å²) in [6, 6.07) is 13.9. The Kier molecular flexibility index (Phi) is 4.69. The first-order valence-electron chi connectivity index (χ1n) is 7.21. The second kappa shape index (κ2) is 7.07. The van der Waals surface area contributed by atoms with Crippen molar-refractivity contribution >= 4 is 33.5 Å². The SMILES string of the molecule is C#CCn1c(=NC(=O)C=Cc2ccccc2)sc2cc(F)ccc21.